The predicted molar refractivity (Wildman–Crippen MR) is 95.9 cm³/mol. The van der Waals surface area contributed by atoms with Gasteiger partial charge in [-0.3, -0.25) is 0 Å². The first-order chi connectivity index (χ1) is 10.4. The van der Waals surface area contributed by atoms with Crippen molar-refractivity contribution < 1.29 is 0 Å². The fourth-order valence-corrected chi connectivity index (χ4v) is 3.98. The van der Waals surface area contributed by atoms with Gasteiger partial charge in [0.25, 0.3) is 0 Å². The molecule has 1 unspecified atom stereocenters. The van der Waals surface area contributed by atoms with Gasteiger partial charge in [-0.25, -0.2) is 0 Å². The van der Waals surface area contributed by atoms with Crippen LogP contribution in [0.5, 0.6) is 0 Å². The van der Waals surface area contributed by atoms with Crippen LogP contribution in [0.2, 0.25) is 0 Å². The van der Waals surface area contributed by atoms with Crippen molar-refractivity contribution in [3.05, 3.63) is 0 Å². The molecule has 0 bridgehead atoms. The number of unbranched alkanes of at least 4 members (excludes halogenated alkanes) is 7. The zero-order valence-electron chi connectivity index (χ0n) is 15.0. The van der Waals surface area contributed by atoms with Crippen molar-refractivity contribution >= 4 is 0 Å². The molecule has 1 atom stereocenters. The summed E-state index contributed by atoms with van der Waals surface area (Å²) in [5, 5.41) is 3.80. The van der Waals surface area contributed by atoms with Crippen LogP contribution < -0.4 is 5.32 Å². The number of hydrogen-bond acceptors (Lipinski definition) is 1. The first-order valence-electron chi connectivity index (χ1n) is 10.1. The van der Waals surface area contributed by atoms with Gasteiger partial charge in [0.1, 0.15) is 0 Å². The molecular formula is C20H41N. The molecule has 21 heavy (non-hydrogen) atoms. The highest BCUT2D eigenvalue weighted by Crippen LogP contribution is 2.28. The Bertz CT molecular complexity index is 206. The minimum absolute atomic E-state index is 0.813. The maximum absolute atomic E-state index is 3.80. The molecule has 0 heterocycles. The lowest BCUT2D eigenvalue weighted by atomic mass is 9.88. The maximum atomic E-state index is 3.80. The van der Waals surface area contributed by atoms with Crippen molar-refractivity contribution in [3.8, 4) is 0 Å². The number of rotatable bonds is 12. The lowest BCUT2D eigenvalue weighted by molar-refractivity contribution is 0.301. The average Bonchev–Trinajstić information content (AvgIpc) is 2.78. The van der Waals surface area contributed by atoms with E-state index in [0.717, 1.165) is 18.5 Å². The van der Waals surface area contributed by atoms with Crippen molar-refractivity contribution in [2.24, 2.45) is 5.92 Å². The quantitative estimate of drug-likeness (QED) is 0.321. The van der Waals surface area contributed by atoms with Gasteiger partial charge in [-0.2, -0.15) is 0 Å². The van der Waals surface area contributed by atoms with Crippen LogP contribution in [0.15, 0.2) is 0 Å². The molecule has 1 N–H and O–H groups in total. The zero-order valence-corrected chi connectivity index (χ0v) is 15.0. The van der Waals surface area contributed by atoms with Crippen LogP contribution in [0, 0.1) is 5.92 Å². The van der Waals surface area contributed by atoms with E-state index in [9.17, 15) is 0 Å². The van der Waals surface area contributed by atoms with Gasteiger partial charge in [-0.15, -0.1) is 0 Å². The highest BCUT2D eigenvalue weighted by atomic mass is 14.9. The van der Waals surface area contributed by atoms with E-state index in [1.54, 1.807) is 0 Å². The Morgan fingerprint density at radius 3 is 1.90 bits per heavy atom. The summed E-state index contributed by atoms with van der Waals surface area (Å²) in [6, 6.07) is 0.813. The Morgan fingerprint density at radius 1 is 0.762 bits per heavy atom. The van der Waals surface area contributed by atoms with E-state index in [1.165, 1.54) is 96.3 Å². The second-order valence-electron chi connectivity index (χ2n) is 7.18. The van der Waals surface area contributed by atoms with E-state index < -0.39 is 0 Å². The number of nitrogens with one attached hydrogen (secondary N) is 1. The predicted octanol–water partition coefficient (Wildman–Crippen LogP) is 6.47. The molecule has 1 nitrogen and oxygen atoms in total. The highest BCUT2D eigenvalue weighted by molar-refractivity contribution is 4.78. The van der Waals surface area contributed by atoms with Crippen molar-refractivity contribution in [1.29, 1.82) is 0 Å². The van der Waals surface area contributed by atoms with E-state index in [1.807, 2.05) is 0 Å². The Morgan fingerprint density at radius 2 is 1.33 bits per heavy atom. The van der Waals surface area contributed by atoms with Gasteiger partial charge in [0.2, 0.25) is 0 Å². The molecule has 1 rings (SSSR count). The van der Waals surface area contributed by atoms with Gasteiger partial charge in [0, 0.05) is 6.04 Å². The van der Waals surface area contributed by atoms with E-state index in [2.05, 4.69) is 19.2 Å². The Balaban J connectivity index is 2.09. The number of hydrogen-bond donors (Lipinski definition) is 1. The molecule has 1 heteroatoms. The minimum Gasteiger partial charge on any atom is -0.314 e. The van der Waals surface area contributed by atoms with E-state index in [0.29, 0.717) is 0 Å². The third kappa shape index (κ3) is 9.55. The summed E-state index contributed by atoms with van der Waals surface area (Å²) in [7, 11) is 0. The standard InChI is InChI=1S/C20H41N/c1-3-5-6-7-8-9-10-15-18-20(21-4-2)19-16-13-11-12-14-17-19/h19-21H,3-18H2,1-2H3. The topological polar surface area (TPSA) is 12.0 Å². The normalized spacial score (nSPS) is 18.6. The molecule has 0 spiro atoms. The summed E-state index contributed by atoms with van der Waals surface area (Å²) in [6.45, 7) is 5.73. The Hall–Kier alpha value is -0.0400. The largest absolute Gasteiger partial charge is 0.314 e. The van der Waals surface area contributed by atoms with Crippen LogP contribution in [-0.4, -0.2) is 12.6 Å². The highest BCUT2D eigenvalue weighted by Gasteiger charge is 2.21. The monoisotopic (exact) mass is 295 g/mol. The van der Waals surface area contributed by atoms with E-state index in [-0.39, 0.29) is 0 Å². The van der Waals surface area contributed by atoms with Gasteiger partial charge < -0.3 is 5.32 Å². The van der Waals surface area contributed by atoms with E-state index in [4.69, 9.17) is 0 Å². The second-order valence-corrected chi connectivity index (χ2v) is 7.18. The van der Waals surface area contributed by atoms with Gasteiger partial charge in [-0.1, -0.05) is 90.9 Å². The summed E-state index contributed by atoms with van der Waals surface area (Å²) < 4.78 is 0. The average molecular weight is 296 g/mol. The fraction of sp³-hybridized carbons (Fsp3) is 1.00. The van der Waals surface area contributed by atoms with Crippen LogP contribution in [-0.2, 0) is 0 Å². The van der Waals surface area contributed by atoms with Gasteiger partial charge >= 0.3 is 0 Å². The van der Waals surface area contributed by atoms with Crippen LogP contribution in [0.1, 0.15) is 110 Å². The lowest BCUT2D eigenvalue weighted by Crippen LogP contribution is -2.36. The summed E-state index contributed by atoms with van der Waals surface area (Å²) in [6.07, 6.45) is 21.9. The molecular weight excluding hydrogens is 254 g/mol. The van der Waals surface area contributed by atoms with Gasteiger partial charge in [0.05, 0.1) is 0 Å². The summed E-state index contributed by atoms with van der Waals surface area (Å²) in [5.41, 5.74) is 0. The van der Waals surface area contributed by atoms with Crippen molar-refractivity contribution in [2.75, 3.05) is 6.54 Å². The summed E-state index contributed by atoms with van der Waals surface area (Å²) in [4.78, 5) is 0. The molecule has 0 saturated heterocycles. The summed E-state index contributed by atoms with van der Waals surface area (Å²) >= 11 is 0. The molecule has 1 saturated carbocycles. The first-order valence-corrected chi connectivity index (χ1v) is 10.1. The molecule has 1 aliphatic rings. The van der Waals surface area contributed by atoms with Crippen LogP contribution in [0.25, 0.3) is 0 Å². The molecule has 0 aliphatic heterocycles. The minimum atomic E-state index is 0.813. The summed E-state index contributed by atoms with van der Waals surface area (Å²) in [5.74, 6) is 0.969. The Labute approximate surface area is 134 Å². The van der Waals surface area contributed by atoms with E-state index >= 15 is 0 Å². The van der Waals surface area contributed by atoms with Crippen LogP contribution >= 0.6 is 0 Å². The molecule has 1 fully saturated rings. The van der Waals surface area contributed by atoms with Crippen LogP contribution in [0.4, 0.5) is 0 Å². The third-order valence-corrected chi connectivity index (χ3v) is 5.30. The van der Waals surface area contributed by atoms with Crippen LogP contribution in [0.3, 0.4) is 0 Å². The maximum Gasteiger partial charge on any atom is 0.00952 e. The molecule has 0 radical (unpaired) electrons. The van der Waals surface area contributed by atoms with Crippen molar-refractivity contribution in [1.82, 2.24) is 5.32 Å². The molecule has 1 aliphatic carbocycles. The molecule has 126 valence electrons. The van der Waals surface area contributed by atoms with Gasteiger partial charge in [0.15, 0.2) is 0 Å². The molecule has 0 aromatic carbocycles. The SMILES string of the molecule is CCCCCCCCCCC(NCC)C1CCCCCC1. The Kier molecular flexibility index (Phi) is 12.3. The molecule has 0 aromatic heterocycles. The molecule has 0 aromatic rings. The van der Waals surface area contributed by atoms with Gasteiger partial charge in [-0.05, 0) is 31.7 Å². The smallest absolute Gasteiger partial charge is 0.00952 e. The lowest BCUT2D eigenvalue weighted by Gasteiger charge is -2.27. The third-order valence-electron chi connectivity index (χ3n) is 5.30. The molecule has 0 amide bonds. The zero-order chi connectivity index (χ0) is 15.2. The van der Waals surface area contributed by atoms with Crippen molar-refractivity contribution in [2.45, 2.75) is 116 Å². The van der Waals surface area contributed by atoms with Crippen molar-refractivity contribution in [3.63, 3.8) is 0 Å². The second kappa shape index (κ2) is 13.6. The first kappa shape index (κ1) is 19.0. The fourth-order valence-electron chi connectivity index (χ4n) is 3.98.